The Bertz CT molecular complexity index is 897. The van der Waals surface area contributed by atoms with Crippen molar-refractivity contribution >= 4 is 11.4 Å². The molecule has 3 rings (SSSR count). The Kier molecular flexibility index (Phi) is 6.17. The Morgan fingerprint density at radius 3 is 1.66 bits per heavy atom. The summed E-state index contributed by atoms with van der Waals surface area (Å²) in [4.78, 5) is 0. The first-order chi connectivity index (χ1) is 13.6. The lowest BCUT2D eigenvalue weighted by atomic mass is 9.72. The summed E-state index contributed by atoms with van der Waals surface area (Å²) in [5.41, 5.74) is 6.82. The first-order valence-electron chi connectivity index (χ1n) is 10.7. The van der Waals surface area contributed by atoms with Gasteiger partial charge in [0.05, 0.1) is 0 Å². The molecule has 29 heavy (non-hydrogen) atoms. The lowest BCUT2D eigenvalue weighted by molar-refractivity contribution is 0.284. The highest BCUT2D eigenvalue weighted by atomic mass is 14.9. The van der Waals surface area contributed by atoms with Crippen LogP contribution in [0.15, 0.2) is 78.9 Å². The molecular weight excluding hydrogens is 350 g/mol. The number of rotatable bonds is 6. The SMILES string of the molecule is CC(c1ccccc1)c1ccc(Nc2ccc(C(C)(C)CC(C)(C)C)cc2)cc1. The van der Waals surface area contributed by atoms with E-state index in [0.717, 1.165) is 17.8 Å². The molecule has 1 unspecified atom stereocenters. The summed E-state index contributed by atoms with van der Waals surface area (Å²) in [5.74, 6) is 0.398. The number of hydrogen-bond acceptors (Lipinski definition) is 1. The number of anilines is 2. The summed E-state index contributed by atoms with van der Waals surface area (Å²) in [5, 5.41) is 3.54. The van der Waals surface area contributed by atoms with Crippen molar-refractivity contribution in [1.82, 2.24) is 0 Å². The van der Waals surface area contributed by atoms with E-state index in [0.29, 0.717) is 11.3 Å². The number of nitrogens with one attached hydrogen (secondary N) is 1. The lowest BCUT2D eigenvalue weighted by Gasteiger charge is -2.33. The molecule has 0 heterocycles. The molecule has 0 fully saturated rings. The minimum Gasteiger partial charge on any atom is -0.356 e. The van der Waals surface area contributed by atoms with Crippen LogP contribution in [0.5, 0.6) is 0 Å². The van der Waals surface area contributed by atoms with Crippen molar-refractivity contribution in [3.63, 3.8) is 0 Å². The van der Waals surface area contributed by atoms with Crippen LogP contribution >= 0.6 is 0 Å². The first kappa shape index (κ1) is 21.2. The topological polar surface area (TPSA) is 12.0 Å². The van der Waals surface area contributed by atoms with Crippen molar-refractivity contribution < 1.29 is 0 Å². The molecule has 1 nitrogen and oxygen atoms in total. The summed E-state index contributed by atoms with van der Waals surface area (Å²) in [6.07, 6.45) is 1.16. The Balaban J connectivity index is 1.68. The minimum atomic E-state index is 0.173. The predicted molar refractivity (Wildman–Crippen MR) is 127 cm³/mol. The standard InChI is InChI=1S/C28H35N/c1-21(22-10-8-7-9-11-22)23-12-16-25(17-13-23)29-26-18-14-24(15-19-26)28(5,6)20-27(2,3)4/h7-19,21,29H,20H2,1-6H3. The van der Waals surface area contributed by atoms with Gasteiger partial charge in [-0.3, -0.25) is 0 Å². The van der Waals surface area contributed by atoms with Gasteiger partial charge in [-0.25, -0.2) is 0 Å². The Hall–Kier alpha value is -2.54. The average Bonchev–Trinajstić information content (AvgIpc) is 2.67. The van der Waals surface area contributed by atoms with Gasteiger partial charge in [0.2, 0.25) is 0 Å². The van der Waals surface area contributed by atoms with Crippen molar-refractivity contribution in [2.45, 2.75) is 59.3 Å². The van der Waals surface area contributed by atoms with Gasteiger partial charge in [0.15, 0.2) is 0 Å². The monoisotopic (exact) mass is 385 g/mol. The van der Waals surface area contributed by atoms with Crippen LogP contribution in [0.1, 0.15) is 70.6 Å². The molecule has 1 N–H and O–H groups in total. The zero-order chi connectivity index (χ0) is 21.1. The van der Waals surface area contributed by atoms with Gasteiger partial charge in [0.1, 0.15) is 0 Å². The van der Waals surface area contributed by atoms with Crippen molar-refractivity contribution in [2.24, 2.45) is 5.41 Å². The van der Waals surface area contributed by atoms with Crippen LogP contribution in [0.2, 0.25) is 0 Å². The largest absolute Gasteiger partial charge is 0.356 e. The molecule has 0 aromatic heterocycles. The van der Waals surface area contributed by atoms with E-state index in [1.54, 1.807) is 0 Å². The van der Waals surface area contributed by atoms with Crippen LogP contribution in [-0.2, 0) is 5.41 Å². The van der Waals surface area contributed by atoms with E-state index in [9.17, 15) is 0 Å². The van der Waals surface area contributed by atoms with Crippen LogP contribution in [0.25, 0.3) is 0 Å². The fourth-order valence-electron chi connectivity index (χ4n) is 4.39. The van der Waals surface area contributed by atoms with Gasteiger partial charge in [-0.05, 0) is 58.2 Å². The zero-order valence-corrected chi connectivity index (χ0v) is 18.8. The molecule has 1 atom stereocenters. The maximum absolute atomic E-state index is 3.54. The third kappa shape index (κ3) is 5.73. The molecule has 3 aromatic carbocycles. The summed E-state index contributed by atoms with van der Waals surface area (Å²) in [6, 6.07) is 28.4. The quantitative estimate of drug-likeness (QED) is 0.450. The van der Waals surface area contributed by atoms with E-state index in [-0.39, 0.29) is 5.41 Å². The Labute approximate surface area is 177 Å². The molecule has 0 amide bonds. The highest BCUT2D eigenvalue weighted by Crippen LogP contribution is 2.36. The van der Waals surface area contributed by atoms with E-state index in [4.69, 9.17) is 0 Å². The minimum absolute atomic E-state index is 0.173. The third-order valence-electron chi connectivity index (χ3n) is 5.64. The average molecular weight is 386 g/mol. The maximum Gasteiger partial charge on any atom is 0.0384 e. The third-order valence-corrected chi connectivity index (χ3v) is 5.64. The van der Waals surface area contributed by atoms with Gasteiger partial charge in [-0.1, -0.05) is 96.1 Å². The maximum atomic E-state index is 3.54. The molecule has 0 aliphatic heterocycles. The fraction of sp³-hybridized carbons (Fsp3) is 0.357. The second kappa shape index (κ2) is 8.45. The fourth-order valence-corrected chi connectivity index (χ4v) is 4.39. The van der Waals surface area contributed by atoms with Crippen LogP contribution in [0, 0.1) is 5.41 Å². The van der Waals surface area contributed by atoms with Gasteiger partial charge >= 0.3 is 0 Å². The molecule has 1 heteroatoms. The molecule has 0 saturated heterocycles. The van der Waals surface area contributed by atoms with Crippen molar-refractivity contribution in [2.75, 3.05) is 5.32 Å². The summed E-state index contributed by atoms with van der Waals surface area (Å²) < 4.78 is 0. The van der Waals surface area contributed by atoms with E-state index >= 15 is 0 Å². The van der Waals surface area contributed by atoms with Crippen LogP contribution in [-0.4, -0.2) is 0 Å². The second-order valence-corrected chi connectivity index (χ2v) is 10.1. The highest BCUT2D eigenvalue weighted by Gasteiger charge is 2.27. The summed E-state index contributed by atoms with van der Waals surface area (Å²) >= 11 is 0. The molecule has 0 radical (unpaired) electrons. The van der Waals surface area contributed by atoms with Crippen LogP contribution in [0.3, 0.4) is 0 Å². The van der Waals surface area contributed by atoms with Gasteiger partial charge in [0, 0.05) is 17.3 Å². The van der Waals surface area contributed by atoms with Gasteiger partial charge < -0.3 is 5.32 Å². The van der Waals surface area contributed by atoms with E-state index < -0.39 is 0 Å². The van der Waals surface area contributed by atoms with Crippen molar-refractivity contribution in [3.8, 4) is 0 Å². The Morgan fingerprint density at radius 1 is 0.655 bits per heavy atom. The van der Waals surface area contributed by atoms with Crippen LogP contribution in [0.4, 0.5) is 11.4 Å². The molecule has 0 aliphatic carbocycles. The van der Waals surface area contributed by atoms with Crippen LogP contribution < -0.4 is 5.32 Å². The van der Waals surface area contributed by atoms with E-state index in [1.165, 1.54) is 16.7 Å². The number of hydrogen-bond donors (Lipinski definition) is 1. The smallest absolute Gasteiger partial charge is 0.0384 e. The molecule has 0 saturated carbocycles. The summed E-state index contributed by atoms with van der Waals surface area (Å²) in [6.45, 7) is 13.9. The first-order valence-corrected chi connectivity index (χ1v) is 10.7. The molecule has 3 aromatic rings. The second-order valence-electron chi connectivity index (χ2n) is 10.1. The normalized spacial score (nSPS) is 13.2. The van der Waals surface area contributed by atoms with Gasteiger partial charge in [-0.15, -0.1) is 0 Å². The molecule has 152 valence electrons. The molecule has 0 spiro atoms. The predicted octanol–water partition coefficient (Wildman–Crippen LogP) is 8.30. The summed E-state index contributed by atoms with van der Waals surface area (Å²) in [7, 11) is 0. The Morgan fingerprint density at radius 2 is 1.14 bits per heavy atom. The van der Waals surface area contributed by atoms with Gasteiger partial charge in [0.25, 0.3) is 0 Å². The van der Waals surface area contributed by atoms with Crippen molar-refractivity contribution in [1.29, 1.82) is 0 Å². The van der Waals surface area contributed by atoms with Gasteiger partial charge in [-0.2, -0.15) is 0 Å². The van der Waals surface area contributed by atoms with E-state index in [2.05, 4.69) is 126 Å². The highest BCUT2D eigenvalue weighted by molar-refractivity contribution is 5.60. The number of benzene rings is 3. The molecule has 0 aliphatic rings. The zero-order valence-electron chi connectivity index (χ0n) is 18.8. The molecule has 0 bridgehead atoms. The van der Waals surface area contributed by atoms with Crippen molar-refractivity contribution in [3.05, 3.63) is 95.6 Å². The lowest BCUT2D eigenvalue weighted by Crippen LogP contribution is -2.24. The molecular formula is C28H35N. The van der Waals surface area contributed by atoms with E-state index in [1.807, 2.05) is 0 Å².